The number of aromatic nitrogens is 2. The highest BCUT2D eigenvalue weighted by Crippen LogP contribution is 2.19. The van der Waals surface area contributed by atoms with Gasteiger partial charge in [0.1, 0.15) is 5.82 Å². The summed E-state index contributed by atoms with van der Waals surface area (Å²) in [7, 11) is 0. The number of benzene rings is 1. The van der Waals surface area contributed by atoms with Crippen LogP contribution in [0.1, 0.15) is 35.6 Å². The second kappa shape index (κ2) is 5.88. The van der Waals surface area contributed by atoms with Crippen LogP contribution in [0.15, 0.2) is 35.1 Å². The van der Waals surface area contributed by atoms with E-state index in [1.54, 1.807) is 30.6 Å². The Morgan fingerprint density at radius 3 is 2.89 bits per heavy atom. The van der Waals surface area contributed by atoms with Crippen LogP contribution in [0.3, 0.4) is 0 Å². The van der Waals surface area contributed by atoms with Crippen molar-refractivity contribution in [3.8, 4) is 0 Å². The largest absolute Gasteiger partial charge is 0.399 e. The molecule has 0 aliphatic carbocycles. The zero-order valence-corrected chi connectivity index (χ0v) is 12.1. The third-order valence-electron chi connectivity index (χ3n) is 2.75. The topological polar surface area (TPSA) is 83.8 Å². The number of anilines is 1. The fourth-order valence-corrected chi connectivity index (χ4v) is 2.33. The number of aromatic amines is 1. The number of carbonyl (C=O) groups is 1. The third kappa shape index (κ3) is 3.35. The van der Waals surface area contributed by atoms with E-state index in [1.165, 1.54) is 0 Å². The van der Waals surface area contributed by atoms with Gasteiger partial charge in [-0.15, -0.1) is 0 Å². The molecular weight excluding hydrogens is 308 g/mol. The van der Waals surface area contributed by atoms with Crippen LogP contribution < -0.4 is 11.1 Å². The highest BCUT2D eigenvalue weighted by atomic mass is 79.9. The quantitative estimate of drug-likeness (QED) is 0.756. The van der Waals surface area contributed by atoms with Gasteiger partial charge in [-0.1, -0.05) is 22.9 Å². The molecule has 1 atom stereocenters. The van der Waals surface area contributed by atoms with Gasteiger partial charge in [-0.25, -0.2) is 4.98 Å². The van der Waals surface area contributed by atoms with Crippen molar-refractivity contribution >= 4 is 27.5 Å². The first-order valence-corrected chi connectivity index (χ1v) is 6.75. The first-order valence-electron chi connectivity index (χ1n) is 5.96. The van der Waals surface area contributed by atoms with Crippen LogP contribution in [0, 0.1) is 0 Å². The summed E-state index contributed by atoms with van der Waals surface area (Å²) in [6.07, 6.45) is 4.16. The summed E-state index contributed by atoms with van der Waals surface area (Å²) in [6, 6.07) is 5.00. The summed E-state index contributed by atoms with van der Waals surface area (Å²) < 4.78 is 0.781. The van der Waals surface area contributed by atoms with E-state index >= 15 is 0 Å². The van der Waals surface area contributed by atoms with Gasteiger partial charge in [0.25, 0.3) is 5.91 Å². The van der Waals surface area contributed by atoms with Gasteiger partial charge >= 0.3 is 0 Å². The van der Waals surface area contributed by atoms with Crippen molar-refractivity contribution in [3.63, 3.8) is 0 Å². The van der Waals surface area contributed by atoms with Crippen LogP contribution in [0.4, 0.5) is 5.69 Å². The molecule has 0 bridgehead atoms. The van der Waals surface area contributed by atoms with Crippen molar-refractivity contribution in [2.75, 3.05) is 5.73 Å². The van der Waals surface area contributed by atoms with Gasteiger partial charge in [0.2, 0.25) is 0 Å². The van der Waals surface area contributed by atoms with Crippen molar-refractivity contribution in [1.82, 2.24) is 15.3 Å². The van der Waals surface area contributed by atoms with E-state index in [4.69, 9.17) is 5.73 Å². The molecule has 100 valence electrons. The lowest BCUT2D eigenvalue weighted by molar-refractivity contribution is 0.0934. The van der Waals surface area contributed by atoms with E-state index in [9.17, 15) is 4.79 Å². The SMILES string of the molecule is CCC(NC(=O)c1cc(N)cc(Br)c1)c1ncc[nH]1. The molecule has 5 nitrogen and oxygen atoms in total. The minimum atomic E-state index is -0.170. The lowest BCUT2D eigenvalue weighted by atomic mass is 10.1. The van der Waals surface area contributed by atoms with Gasteiger partial charge in [-0.3, -0.25) is 4.79 Å². The number of imidazole rings is 1. The standard InChI is InChI=1S/C13H15BrN4O/c1-2-11(12-16-3-4-17-12)18-13(19)8-5-9(14)7-10(15)6-8/h3-7,11H,2,15H2,1H3,(H,16,17)(H,18,19). The fraction of sp³-hybridized carbons (Fsp3) is 0.231. The van der Waals surface area contributed by atoms with E-state index in [-0.39, 0.29) is 11.9 Å². The van der Waals surface area contributed by atoms with E-state index < -0.39 is 0 Å². The number of hydrogen-bond acceptors (Lipinski definition) is 3. The molecule has 0 saturated heterocycles. The summed E-state index contributed by atoms with van der Waals surface area (Å²) in [5.74, 6) is 0.579. The van der Waals surface area contributed by atoms with Gasteiger partial charge in [-0.05, 0) is 24.6 Å². The third-order valence-corrected chi connectivity index (χ3v) is 3.20. The first-order chi connectivity index (χ1) is 9.10. The molecule has 0 radical (unpaired) electrons. The molecule has 0 spiro atoms. The summed E-state index contributed by atoms with van der Waals surface area (Å²) in [4.78, 5) is 19.4. The number of hydrogen-bond donors (Lipinski definition) is 3. The minimum Gasteiger partial charge on any atom is -0.399 e. The Morgan fingerprint density at radius 2 is 2.32 bits per heavy atom. The van der Waals surface area contributed by atoms with Crippen LogP contribution in [-0.4, -0.2) is 15.9 Å². The monoisotopic (exact) mass is 322 g/mol. The second-order valence-corrected chi connectivity index (χ2v) is 5.10. The zero-order chi connectivity index (χ0) is 13.8. The maximum atomic E-state index is 12.2. The Balaban J connectivity index is 2.15. The molecule has 1 amide bonds. The van der Waals surface area contributed by atoms with Gasteiger partial charge in [0, 0.05) is 28.1 Å². The number of carbonyl (C=O) groups excluding carboxylic acids is 1. The zero-order valence-electron chi connectivity index (χ0n) is 10.5. The number of nitrogen functional groups attached to an aromatic ring is 1. The molecular formula is C13H15BrN4O. The summed E-state index contributed by atoms with van der Waals surface area (Å²) in [5.41, 5.74) is 6.80. The highest BCUT2D eigenvalue weighted by molar-refractivity contribution is 9.10. The van der Waals surface area contributed by atoms with Crippen LogP contribution in [0.25, 0.3) is 0 Å². The van der Waals surface area contributed by atoms with E-state index in [1.807, 2.05) is 6.92 Å². The van der Waals surface area contributed by atoms with E-state index in [0.29, 0.717) is 11.3 Å². The number of H-pyrrole nitrogens is 1. The molecule has 1 heterocycles. The lowest BCUT2D eigenvalue weighted by Gasteiger charge is -2.15. The van der Waals surface area contributed by atoms with Crippen LogP contribution >= 0.6 is 15.9 Å². The molecule has 4 N–H and O–H groups in total. The number of amides is 1. The Bertz CT molecular complexity index is 548. The number of nitrogens with two attached hydrogens (primary N) is 1. The second-order valence-electron chi connectivity index (χ2n) is 4.18. The summed E-state index contributed by atoms with van der Waals surface area (Å²) in [6.45, 7) is 1.99. The predicted octanol–water partition coefficient (Wildman–Crippen LogP) is 2.64. The van der Waals surface area contributed by atoms with Crippen molar-refractivity contribution < 1.29 is 4.79 Å². The lowest BCUT2D eigenvalue weighted by Crippen LogP contribution is -2.29. The molecule has 0 aliphatic rings. The molecule has 0 fully saturated rings. The molecule has 1 unspecified atom stereocenters. The molecule has 19 heavy (non-hydrogen) atoms. The smallest absolute Gasteiger partial charge is 0.251 e. The molecule has 2 rings (SSSR count). The fourth-order valence-electron chi connectivity index (χ4n) is 1.82. The maximum absolute atomic E-state index is 12.2. The maximum Gasteiger partial charge on any atom is 0.251 e. The van der Waals surface area contributed by atoms with Gasteiger partial charge in [-0.2, -0.15) is 0 Å². The first kappa shape index (κ1) is 13.6. The normalized spacial score (nSPS) is 12.1. The summed E-state index contributed by atoms with van der Waals surface area (Å²) in [5, 5.41) is 2.93. The molecule has 2 aromatic rings. The number of nitrogens with one attached hydrogen (secondary N) is 2. The van der Waals surface area contributed by atoms with Crippen molar-refractivity contribution in [2.45, 2.75) is 19.4 Å². The minimum absolute atomic E-state index is 0.136. The number of nitrogens with zero attached hydrogens (tertiary/aromatic N) is 1. The van der Waals surface area contributed by atoms with Gasteiger partial charge < -0.3 is 16.0 Å². The number of rotatable bonds is 4. The Hall–Kier alpha value is -1.82. The molecule has 1 aromatic carbocycles. The van der Waals surface area contributed by atoms with Crippen molar-refractivity contribution in [3.05, 3.63) is 46.5 Å². The van der Waals surface area contributed by atoms with Crippen LogP contribution in [-0.2, 0) is 0 Å². The average molecular weight is 323 g/mol. The van der Waals surface area contributed by atoms with Crippen LogP contribution in [0.2, 0.25) is 0 Å². The van der Waals surface area contributed by atoms with E-state index in [2.05, 4.69) is 31.2 Å². The van der Waals surface area contributed by atoms with Gasteiger partial charge in [0.15, 0.2) is 0 Å². The Morgan fingerprint density at radius 1 is 1.53 bits per heavy atom. The summed E-state index contributed by atoms with van der Waals surface area (Å²) >= 11 is 3.32. The molecule has 0 aliphatic heterocycles. The van der Waals surface area contributed by atoms with Crippen molar-refractivity contribution in [2.24, 2.45) is 0 Å². The van der Waals surface area contributed by atoms with Gasteiger partial charge in [0.05, 0.1) is 6.04 Å². The Kier molecular flexibility index (Phi) is 4.21. The number of halogens is 1. The molecule has 6 heteroatoms. The molecule has 0 saturated carbocycles. The van der Waals surface area contributed by atoms with E-state index in [0.717, 1.165) is 16.7 Å². The van der Waals surface area contributed by atoms with Crippen molar-refractivity contribution in [1.29, 1.82) is 0 Å². The van der Waals surface area contributed by atoms with Crippen LogP contribution in [0.5, 0.6) is 0 Å². The Labute approximate surface area is 119 Å². The average Bonchev–Trinajstić information content (AvgIpc) is 2.88. The highest BCUT2D eigenvalue weighted by Gasteiger charge is 2.16. The predicted molar refractivity (Wildman–Crippen MR) is 77.6 cm³/mol. The molecule has 1 aromatic heterocycles.